The Morgan fingerprint density at radius 1 is 0.971 bits per heavy atom. The van der Waals surface area contributed by atoms with Crippen LogP contribution in [-0.4, -0.2) is 53.3 Å². The summed E-state index contributed by atoms with van der Waals surface area (Å²) in [5.74, 6) is 1.07. The molecular weight excluding hydrogens is 504 g/mol. The molecule has 0 aliphatic rings. The number of aromatic amines is 1. The number of nitrogens with zero attached hydrogens (tertiary/aromatic N) is 2. The second-order valence-corrected chi connectivity index (χ2v) is 9.17. The molecule has 0 aliphatic heterocycles. The van der Waals surface area contributed by atoms with Crippen LogP contribution in [0.15, 0.2) is 40.5 Å². The zero-order chi connectivity index (χ0) is 24.8. The summed E-state index contributed by atoms with van der Waals surface area (Å²) in [7, 11) is 0. The average molecular weight is 526 g/mol. The van der Waals surface area contributed by atoms with Gasteiger partial charge in [0.25, 0.3) is 0 Å². The number of hydrogen-bond acceptors (Lipinski definition) is 6. The Morgan fingerprint density at radius 3 is 2.47 bits per heavy atom. The summed E-state index contributed by atoms with van der Waals surface area (Å²) in [6.07, 6.45) is -7.09. The number of ether oxygens (including phenoxy) is 2. The molecule has 0 bridgehead atoms. The molecule has 0 radical (unpaired) electrons. The van der Waals surface area contributed by atoms with Crippen molar-refractivity contribution < 1.29 is 35.8 Å². The lowest BCUT2D eigenvalue weighted by atomic mass is 10.2. The molecule has 0 aliphatic carbocycles. The molecule has 186 valence electrons. The summed E-state index contributed by atoms with van der Waals surface area (Å²) < 4.78 is 84.4. The molecule has 0 saturated carbocycles. The summed E-state index contributed by atoms with van der Waals surface area (Å²) in [5, 5.41) is 0.495. The van der Waals surface area contributed by atoms with E-state index in [1.165, 1.54) is 29.6 Å². The molecule has 0 saturated heterocycles. The Bertz CT molecular complexity index is 1090. The smallest absolute Gasteiger partial charge is 0.378 e. The zero-order valence-electron chi connectivity index (χ0n) is 17.9. The Hall–Kier alpha value is -1.96. The molecule has 2 heterocycles. The minimum absolute atomic E-state index is 0.0792. The lowest BCUT2D eigenvalue weighted by Crippen LogP contribution is -2.19. The highest BCUT2D eigenvalue weighted by Gasteiger charge is 2.30. The number of thioether (sulfide) groups is 2. The van der Waals surface area contributed by atoms with E-state index >= 15 is 0 Å². The summed E-state index contributed by atoms with van der Waals surface area (Å²) in [6.45, 7) is 0.940. The number of alkyl halides is 6. The van der Waals surface area contributed by atoms with E-state index in [0.717, 1.165) is 28.3 Å². The van der Waals surface area contributed by atoms with Crippen LogP contribution in [0.2, 0.25) is 0 Å². The average Bonchev–Trinajstić information content (AvgIpc) is 3.16. The van der Waals surface area contributed by atoms with Crippen molar-refractivity contribution in [1.29, 1.82) is 0 Å². The molecule has 3 aromatic rings. The molecule has 0 spiro atoms. The van der Waals surface area contributed by atoms with Crippen molar-refractivity contribution in [3.05, 3.63) is 47.3 Å². The quantitative estimate of drug-likeness (QED) is 0.181. The molecule has 0 amide bonds. The first-order chi connectivity index (χ1) is 16.0. The number of hydrogen-bond donors (Lipinski definition) is 1. The van der Waals surface area contributed by atoms with Crippen molar-refractivity contribution in [3.8, 4) is 0 Å². The van der Waals surface area contributed by atoms with E-state index in [1.54, 1.807) is 6.20 Å². The van der Waals surface area contributed by atoms with Gasteiger partial charge in [-0.25, -0.2) is 4.98 Å². The maximum absolute atomic E-state index is 12.9. The van der Waals surface area contributed by atoms with Crippen LogP contribution in [0.1, 0.15) is 16.8 Å². The van der Waals surface area contributed by atoms with Gasteiger partial charge in [-0.1, -0.05) is 11.8 Å². The van der Waals surface area contributed by atoms with E-state index in [9.17, 15) is 26.3 Å². The Balaban J connectivity index is 1.47. The van der Waals surface area contributed by atoms with E-state index in [0.29, 0.717) is 34.3 Å². The monoisotopic (exact) mass is 525 g/mol. The maximum atomic E-state index is 12.9. The van der Waals surface area contributed by atoms with Crippen LogP contribution < -0.4 is 0 Å². The highest BCUT2D eigenvalue weighted by Crippen LogP contribution is 2.32. The molecule has 3 rings (SSSR count). The number of fused-ring (bicyclic) bond motifs is 1. The van der Waals surface area contributed by atoms with Gasteiger partial charge in [-0.3, -0.25) is 4.98 Å². The number of benzene rings is 1. The molecular formula is C21H21F6N3O2S2. The lowest BCUT2D eigenvalue weighted by molar-refractivity contribution is -0.176. The summed E-state index contributed by atoms with van der Waals surface area (Å²) in [4.78, 5) is 12.6. The van der Waals surface area contributed by atoms with Crippen LogP contribution in [-0.2, 0) is 21.4 Å². The fraction of sp³-hybridized carbons (Fsp3) is 0.429. The van der Waals surface area contributed by atoms with Crippen molar-refractivity contribution in [1.82, 2.24) is 15.0 Å². The number of pyridine rings is 1. The number of nitrogens with one attached hydrogen (secondary N) is 1. The molecule has 1 N–H and O–H groups in total. The number of halogens is 6. The first kappa shape index (κ1) is 26.6. The normalized spacial score (nSPS) is 12.6. The zero-order valence-corrected chi connectivity index (χ0v) is 19.6. The van der Waals surface area contributed by atoms with Crippen molar-refractivity contribution in [2.75, 3.05) is 32.2 Å². The van der Waals surface area contributed by atoms with Crippen molar-refractivity contribution in [3.63, 3.8) is 0 Å². The molecule has 34 heavy (non-hydrogen) atoms. The highest BCUT2D eigenvalue weighted by atomic mass is 32.2. The molecule has 0 fully saturated rings. The summed E-state index contributed by atoms with van der Waals surface area (Å²) in [5.41, 5.74) is 1.81. The van der Waals surface area contributed by atoms with Gasteiger partial charge in [0.15, 0.2) is 5.16 Å². The Labute approximate surface area is 200 Å². The third-order valence-corrected chi connectivity index (χ3v) is 6.52. The standard InChI is InChI=1S/C21H21F6N3O2S2/c1-13-17(11-34-19-29-15-3-2-14(21(25,26)27)10-16(15)30-19)28-5-4-18(13)33-9-8-31-6-7-32-12-20(22,23)24/h2-5,10H,6-9,11-12H2,1H3,(H,29,30). The summed E-state index contributed by atoms with van der Waals surface area (Å²) in [6, 6.07) is 5.24. The number of imidazole rings is 1. The van der Waals surface area contributed by atoms with E-state index in [-0.39, 0.29) is 13.2 Å². The molecule has 0 atom stereocenters. The Kier molecular flexibility index (Phi) is 9.13. The lowest BCUT2D eigenvalue weighted by Gasteiger charge is -2.10. The first-order valence-corrected chi connectivity index (χ1v) is 12.0. The molecule has 1 aromatic carbocycles. The van der Waals surface area contributed by atoms with E-state index in [1.807, 2.05) is 13.0 Å². The SMILES string of the molecule is Cc1c(SCCOCCOCC(F)(F)F)ccnc1CSc1nc2ccc(C(F)(F)F)cc2[nH]1. The fourth-order valence-corrected chi connectivity index (χ4v) is 4.67. The molecule has 13 heteroatoms. The molecule has 0 unspecified atom stereocenters. The van der Waals surface area contributed by atoms with Crippen LogP contribution in [0.3, 0.4) is 0 Å². The van der Waals surface area contributed by atoms with Crippen LogP contribution in [0.5, 0.6) is 0 Å². The topological polar surface area (TPSA) is 60.0 Å². The van der Waals surface area contributed by atoms with E-state index < -0.39 is 24.5 Å². The van der Waals surface area contributed by atoms with Crippen LogP contribution in [0.4, 0.5) is 26.3 Å². The first-order valence-electron chi connectivity index (χ1n) is 10.0. The molecule has 5 nitrogen and oxygen atoms in total. The van der Waals surface area contributed by atoms with Crippen LogP contribution in [0, 0.1) is 6.92 Å². The van der Waals surface area contributed by atoms with E-state index in [4.69, 9.17) is 4.74 Å². The second kappa shape index (κ2) is 11.6. The minimum atomic E-state index is -4.42. The minimum Gasteiger partial charge on any atom is -0.378 e. The second-order valence-electron chi connectivity index (χ2n) is 7.07. The van der Waals surface area contributed by atoms with Gasteiger partial charge in [0.2, 0.25) is 0 Å². The van der Waals surface area contributed by atoms with Gasteiger partial charge in [-0.15, -0.1) is 11.8 Å². The van der Waals surface area contributed by atoms with Gasteiger partial charge in [-0.2, -0.15) is 26.3 Å². The predicted molar refractivity (Wildman–Crippen MR) is 118 cm³/mol. The third-order valence-electron chi connectivity index (χ3n) is 4.51. The predicted octanol–water partition coefficient (Wildman–Crippen LogP) is 6.27. The fourth-order valence-electron chi connectivity index (χ4n) is 2.85. The van der Waals surface area contributed by atoms with Gasteiger partial charge in [0.05, 0.1) is 42.1 Å². The van der Waals surface area contributed by atoms with Gasteiger partial charge in [0.1, 0.15) is 6.61 Å². The van der Waals surface area contributed by atoms with Crippen molar-refractivity contribution in [2.24, 2.45) is 0 Å². The number of aromatic nitrogens is 3. The van der Waals surface area contributed by atoms with Crippen LogP contribution >= 0.6 is 23.5 Å². The van der Waals surface area contributed by atoms with Gasteiger partial charge in [0, 0.05) is 22.6 Å². The molecule has 2 aromatic heterocycles. The summed E-state index contributed by atoms with van der Waals surface area (Å²) >= 11 is 2.87. The van der Waals surface area contributed by atoms with Crippen molar-refractivity contribution >= 4 is 34.6 Å². The Morgan fingerprint density at radius 2 is 1.74 bits per heavy atom. The van der Waals surface area contributed by atoms with Gasteiger partial charge >= 0.3 is 12.4 Å². The largest absolute Gasteiger partial charge is 0.416 e. The number of rotatable bonds is 11. The van der Waals surface area contributed by atoms with Crippen molar-refractivity contribution in [2.45, 2.75) is 35.1 Å². The van der Waals surface area contributed by atoms with Gasteiger partial charge in [-0.05, 0) is 36.8 Å². The van der Waals surface area contributed by atoms with Crippen LogP contribution in [0.25, 0.3) is 11.0 Å². The number of H-pyrrole nitrogens is 1. The highest BCUT2D eigenvalue weighted by molar-refractivity contribution is 7.99. The maximum Gasteiger partial charge on any atom is 0.416 e. The van der Waals surface area contributed by atoms with Gasteiger partial charge < -0.3 is 14.5 Å². The third kappa shape index (κ3) is 8.07. The van der Waals surface area contributed by atoms with E-state index in [2.05, 4.69) is 19.7 Å².